The molecule has 0 bridgehead atoms. The highest BCUT2D eigenvalue weighted by molar-refractivity contribution is 14.1. The van der Waals surface area contributed by atoms with Crippen LogP contribution in [0.4, 0.5) is 0 Å². The minimum atomic E-state index is 0.972. The molecule has 2 aromatic carbocycles. The van der Waals surface area contributed by atoms with Crippen LogP contribution in [0.25, 0.3) is 21.9 Å². The van der Waals surface area contributed by atoms with E-state index in [1.807, 2.05) is 18.2 Å². The van der Waals surface area contributed by atoms with Gasteiger partial charge in [0.2, 0.25) is 0 Å². The molecule has 0 aliphatic carbocycles. The van der Waals surface area contributed by atoms with Crippen molar-refractivity contribution in [2.24, 2.45) is 0 Å². The Bertz CT molecular complexity index is 657. The second-order valence-electron chi connectivity index (χ2n) is 3.69. The largest absolute Gasteiger partial charge is 0.456 e. The molecule has 0 N–H and O–H groups in total. The lowest BCUT2D eigenvalue weighted by molar-refractivity contribution is 0.669. The topological polar surface area (TPSA) is 13.1 Å². The molecule has 3 aromatic rings. The van der Waals surface area contributed by atoms with E-state index in [0.717, 1.165) is 11.2 Å². The highest BCUT2D eigenvalue weighted by Crippen LogP contribution is 2.28. The first-order chi connectivity index (χ1) is 7.25. The Hall–Kier alpha value is -0.965. The molecule has 0 saturated carbocycles. The van der Waals surface area contributed by atoms with Gasteiger partial charge < -0.3 is 4.42 Å². The summed E-state index contributed by atoms with van der Waals surface area (Å²) in [4.78, 5) is 0. The van der Waals surface area contributed by atoms with Gasteiger partial charge in [0.05, 0.1) is 0 Å². The number of halogens is 1. The zero-order chi connectivity index (χ0) is 10.4. The van der Waals surface area contributed by atoms with E-state index < -0.39 is 0 Å². The number of benzene rings is 2. The van der Waals surface area contributed by atoms with Gasteiger partial charge in [-0.15, -0.1) is 0 Å². The fourth-order valence-electron chi connectivity index (χ4n) is 1.98. The monoisotopic (exact) mass is 306 g/mol. The molecule has 0 radical (unpaired) electrons. The first-order valence-corrected chi connectivity index (χ1v) is 5.91. The first kappa shape index (κ1) is 9.27. The Kier molecular flexibility index (Phi) is 2.02. The van der Waals surface area contributed by atoms with Gasteiger partial charge >= 0.3 is 0 Å². The quantitative estimate of drug-likeness (QED) is 0.459. The lowest BCUT2D eigenvalue weighted by atomic mass is 9.91. The van der Waals surface area contributed by atoms with Crippen LogP contribution in [0.5, 0.6) is 0 Å². The summed E-state index contributed by atoms with van der Waals surface area (Å²) in [7, 11) is 2.12. The van der Waals surface area contributed by atoms with Crippen molar-refractivity contribution >= 4 is 57.8 Å². The summed E-state index contributed by atoms with van der Waals surface area (Å²) in [6.07, 6.45) is 0. The molecule has 1 nitrogen and oxygen atoms in total. The van der Waals surface area contributed by atoms with E-state index in [1.165, 1.54) is 19.8 Å². The lowest BCUT2D eigenvalue weighted by Crippen LogP contribution is -2.01. The van der Waals surface area contributed by atoms with Crippen LogP contribution in [0.15, 0.2) is 40.8 Å². The van der Waals surface area contributed by atoms with Crippen molar-refractivity contribution in [2.75, 3.05) is 0 Å². The molecule has 72 valence electrons. The van der Waals surface area contributed by atoms with E-state index in [-0.39, 0.29) is 0 Å². The maximum Gasteiger partial charge on any atom is 0.140 e. The smallest absolute Gasteiger partial charge is 0.140 e. The average Bonchev–Trinajstić information content (AvgIpc) is 2.57. The van der Waals surface area contributed by atoms with E-state index in [2.05, 4.69) is 48.6 Å². The molecule has 0 spiro atoms. The molecule has 0 aliphatic rings. The zero-order valence-corrected chi connectivity index (χ0v) is 10.4. The molecular weight excluding hydrogens is 298 g/mol. The van der Waals surface area contributed by atoms with Gasteiger partial charge in [0.15, 0.2) is 0 Å². The van der Waals surface area contributed by atoms with Gasteiger partial charge in [0, 0.05) is 14.3 Å². The summed E-state index contributed by atoms with van der Waals surface area (Å²) in [5, 5.41) is 2.46. The second kappa shape index (κ2) is 3.27. The minimum Gasteiger partial charge on any atom is -0.456 e. The summed E-state index contributed by atoms with van der Waals surface area (Å²) in [6.45, 7) is 0. The van der Waals surface area contributed by atoms with Crippen molar-refractivity contribution in [3.8, 4) is 0 Å². The van der Waals surface area contributed by atoms with Crippen LogP contribution >= 0.6 is 22.6 Å². The van der Waals surface area contributed by atoms with E-state index >= 15 is 0 Å². The highest BCUT2D eigenvalue weighted by atomic mass is 127. The molecule has 0 fully saturated rings. The summed E-state index contributed by atoms with van der Waals surface area (Å²) < 4.78 is 7.03. The Labute approximate surface area is 102 Å². The third kappa shape index (κ3) is 1.37. The van der Waals surface area contributed by atoms with E-state index in [1.54, 1.807) is 0 Å². The Morgan fingerprint density at radius 1 is 1.07 bits per heavy atom. The van der Waals surface area contributed by atoms with Gasteiger partial charge in [0.1, 0.15) is 19.0 Å². The van der Waals surface area contributed by atoms with Crippen LogP contribution in [0.1, 0.15) is 0 Å². The predicted molar refractivity (Wildman–Crippen MR) is 74.6 cm³/mol. The maximum atomic E-state index is 5.78. The number of fused-ring (bicyclic) bond motifs is 3. The van der Waals surface area contributed by atoms with E-state index in [4.69, 9.17) is 4.42 Å². The first-order valence-electron chi connectivity index (χ1n) is 4.83. The van der Waals surface area contributed by atoms with Crippen LogP contribution in [-0.2, 0) is 0 Å². The number of hydrogen-bond acceptors (Lipinski definition) is 1. The fraction of sp³-hybridized carbons (Fsp3) is 0. The molecule has 0 aliphatic heterocycles. The minimum absolute atomic E-state index is 0.972. The second-order valence-corrected chi connectivity index (χ2v) is 4.94. The summed E-state index contributed by atoms with van der Waals surface area (Å²) in [5.41, 5.74) is 3.22. The van der Waals surface area contributed by atoms with Crippen LogP contribution < -0.4 is 5.46 Å². The van der Waals surface area contributed by atoms with Gasteiger partial charge in [-0.1, -0.05) is 17.6 Å². The van der Waals surface area contributed by atoms with Gasteiger partial charge in [-0.2, -0.15) is 0 Å². The van der Waals surface area contributed by atoms with Crippen LogP contribution in [0.3, 0.4) is 0 Å². The summed E-state index contributed by atoms with van der Waals surface area (Å²) in [6, 6.07) is 12.5. The third-order valence-corrected chi connectivity index (χ3v) is 3.34. The molecule has 3 rings (SSSR count). The van der Waals surface area contributed by atoms with Gasteiger partial charge in [0.25, 0.3) is 0 Å². The van der Waals surface area contributed by atoms with Gasteiger partial charge in [-0.05, 0) is 46.9 Å². The normalized spacial score (nSPS) is 11.3. The molecular formula is C12H8BIO. The lowest BCUT2D eigenvalue weighted by Gasteiger charge is -1.94. The van der Waals surface area contributed by atoms with Crippen molar-refractivity contribution in [1.29, 1.82) is 0 Å². The average molecular weight is 306 g/mol. The third-order valence-electron chi connectivity index (χ3n) is 2.67. The number of furan rings is 1. The number of hydrogen-bond donors (Lipinski definition) is 0. The molecule has 15 heavy (non-hydrogen) atoms. The van der Waals surface area contributed by atoms with Crippen molar-refractivity contribution < 1.29 is 4.42 Å². The number of rotatable bonds is 0. The standard InChI is InChI=1S/C12H8BIO/c13-9-2-1-3-11-12(9)8-6-7(14)4-5-10(8)15-11/h1-6H,13H2. The van der Waals surface area contributed by atoms with Crippen molar-refractivity contribution in [1.82, 2.24) is 0 Å². The van der Waals surface area contributed by atoms with Gasteiger partial charge in [-0.25, -0.2) is 0 Å². The van der Waals surface area contributed by atoms with Crippen LogP contribution in [-0.4, -0.2) is 7.85 Å². The summed E-state index contributed by atoms with van der Waals surface area (Å²) >= 11 is 2.33. The molecule has 0 saturated heterocycles. The predicted octanol–water partition coefficient (Wildman–Crippen LogP) is 2.45. The van der Waals surface area contributed by atoms with E-state index in [9.17, 15) is 0 Å². The Morgan fingerprint density at radius 3 is 2.80 bits per heavy atom. The SMILES string of the molecule is Bc1cccc2oc3ccc(I)cc3c12. The van der Waals surface area contributed by atoms with Crippen molar-refractivity contribution in [3.63, 3.8) is 0 Å². The van der Waals surface area contributed by atoms with E-state index in [0.29, 0.717) is 0 Å². The van der Waals surface area contributed by atoms with Crippen LogP contribution in [0, 0.1) is 3.57 Å². The fourth-order valence-corrected chi connectivity index (χ4v) is 2.47. The summed E-state index contributed by atoms with van der Waals surface area (Å²) in [5.74, 6) is 0. The Balaban J connectivity index is 2.61. The zero-order valence-electron chi connectivity index (χ0n) is 8.25. The van der Waals surface area contributed by atoms with Crippen molar-refractivity contribution in [3.05, 3.63) is 40.0 Å². The Morgan fingerprint density at radius 2 is 1.93 bits per heavy atom. The van der Waals surface area contributed by atoms with Crippen molar-refractivity contribution in [2.45, 2.75) is 0 Å². The van der Waals surface area contributed by atoms with Gasteiger partial charge in [-0.3, -0.25) is 0 Å². The molecule has 1 aromatic heterocycles. The molecule has 0 amide bonds. The molecule has 0 unspecified atom stereocenters. The maximum absolute atomic E-state index is 5.78. The molecule has 0 atom stereocenters. The van der Waals surface area contributed by atoms with Crippen LogP contribution in [0.2, 0.25) is 0 Å². The molecule has 3 heteroatoms. The molecule has 1 heterocycles. The highest BCUT2D eigenvalue weighted by Gasteiger charge is 2.08.